The largest absolute Gasteiger partial charge is 0.484 e. The molecule has 1 N–H and O–H groups in total. The molecule has 1 aliphatic heterocycles. The molecular formula is C24H21N3O3. The van der Waals surface area contributed by atoms with Gasteiger partial charge in [-0.2, -0.15) is 0 Å². The van der Waals surface area contributed by atoms with Crippen molar-refractivity contribution in [3.05, 3.63) is 78.0 Å². The van der Waals surface area contributed by atoms with Gasteiger partial charge in [-0.25, -0.2) is 0 Å². The molecule has 30 heavy (non-hydrogen) atoms. The molecule has 150 valence electrons. The van der Waals surface area contributed by atoms with Crippen LogP contribution in [0.2, 0.25) is 0 Å². The number of hydrogen-bond acceptors (Lipinski definition) is 5. The third-order valence-electron chi connectivity index (χ3n) is 5.43. The highest BCUT2D eigenvalue weighted by molar-refractivity contribution is 5.88. The zero-order valence-electron chi connectivity index (χ0n) is 16.6. The van der Waals surface area contributed by atoms with Gasteiger partial charge in [0.25, 0.3) is 5.89 Å². The second-order valence-electron chi connectivity index (χ2n) is 7.55. The van der Waals surface area contributed by atoms with Gasteiger partial charge in [0, 0.05) is 25.8 Å². The highest BCUT2D eigenvalue weighted by Crippen LogP contribution is 2.30. The van der Waals surface area contributed by atoms with E-state index in [9.17, 15) is 4.79 Å². The van der Waals surface area contributed by atoms with Crippen molar-refractivity contribution in [2.24, 2.45) is 0 Å². The average Bonchev–Trinajstić information content (AvgIpc) is 3.40. The first-order valence-electron chi connectivity index (χ1n) is 9.97. The van der Waals surface area contributed by atoms with E-state index >= 15 is 0 Å². The minimum atomic E-state index is 0.130. The van der Waals surface area contributed by atoms with Crippen molar-refractivity contribution in [1.82, 2.24) is 15.5 Å². The first kappa shape index (κ1) is 18.4. The number of carbonyl (C=O) groups excluding carboxylic acids is 1. The fourth-order valence-corrected chi connectivity index (χ4v) is 3.82. The van der Waals surface area contributed by atoms with Gasteiger partial charge in [0.2, 0.25) is 11.8 Å². The molecule has 1 amide bonds. The molecule has 0 saturated carbocycles. The number of ether oxygens (including phenoxy) is 1. The van der Waals surface area contributed by atoms with Gasteiger partial charge in [-0.3, -0.25) is 4.79 Å². The van der Waals surface area contributed by atoms with E-state index in [1.54, 1.807) is 6.92 Å². The van der Waals surface area contributed by atoms with Crippen LogP contribution in [-0.2, 0) is 11.4 Å². The quantitative estimate of drug-likeness (QED) is 0.539. The molecule has 5 rings (SSSR count). The van der Waals surface area contributed by atoms with Crippen LogP contribution in [0.15, 0.2) is 65.1 Å². The van der Waals surface area contributed by atoms with Crippen LogP contribution in [0.4, 0.5) is 0 Å². The number of benzene rings is 3. The number of nitrogens with one attached hydrogen (secondary N) is 1. The first-order chi connectivity index (χ1) is 14.6. The molecule has 0 aliphatic carbocycles. The molecule has 2 heterocycles. The van der Waals surface area contributed by atoms with Crippen LogP contribution in [0.3, 0.4) is 0 Å². The first-order valence-corrected chi connectivity index (χ1v) is 9.97. The maximum absolute atomic E-state index is 11.5. The van der Waals surface area contributed by atoms with Crippen LogP contribution in [0.25, 0.3) is 21.9 Å². The molecular weight excluding hydrogens is 378 g/mol. The van der Waals surface area contributed by atoms with Gasteiger partial charge in [0.05, 0.1) is 0 Å². The SMILES string of the molecule is Cc1nnc(COc2ccc3ccc(-c4ccc(C5CNC(=O)C5)cc4)cc3c2)o1. The molecule has 1 fully saturated rings. The standard InChI is InChI=1S/C24H21N3O3/c1-15-26-27-24(30-15)14-29-22-9-8-17-6-7-19(10-20(17)11-22)16-2-4-18(5-3-16)21-12-23(28)25-13-21/h2-11,21H,12-14H2,1H3,(H,25,28). The number of fused-ring (bicyclic) bond motifs is 1. The Kier molecular flexibility index (Phi) is 4.67. The Labute approximate surface area is 173 Å². The average molecular weight is 399 g/mol. The lowest BCUT2D eigenvalue weighted by atomic mass is 9.95. The van der Waals surface area contributed by atoms with Gasteiger partial charge < -0.3 is 14.5 Å². The Morgan fingerprint density at radius 1 is 1.00 bits per heavy atom. The lowest BCUT2D eigenvalue weighted by molar-refractivity contribution is -0.119. The van der Waals surface area contributed by atoms with Gasteiger partial charge in [-0.05, 0) is 45.7 Å². The molecule has 1 atom stereocenters. The van der Waals surface area contributed by atoms with Crippen molar-refractivity contribution in [1.29, 1.82) is 0 Å². The van der Waals surface area contributed by atoms with Gasteiger partial charge in [0.1, 0.15) is 5.75 Å². The van der Waals surface area contributed by atoms with E-state index in [0.717, 1.165) is 34.2 Å². The van der Waals surface area contributed by atoms with E-state index in [4.69, 9.17) is 9.15 Å². The van der Waals surface area contributed by atoms with Gasteiger partial charge >= 0.3 is 0 Å². The zero-order chi connectivity index (χ0) is 20.5. The minimum absolute atomic E-state index is 0.130. The molecule has 1 aliphatic rings. The summed E-state index contributed by atoms with van der Waals surface area (Å²) < 4.78 is 11.2. The fourth-order valence-electron chi connectivity index (χ4n) is 3.82. The smallest absolute Gasteiger partial charge is 0.253 e. The topological polar surface area (TPSA) is 77.3 Å². The summed E-state index contributed by atoms with van der Waals surface area (Å²) in [5.41, 5.74) is 3.48. The summed E-state index contributed by atoms with van der Waals surface area (Å²) in [6, 6.07) is 20.9. The van der Waals surface area contributed by atoms with Crippen molar-refractivity contribution in [2.75, 3.05) is 6.54 Å². The van der Waals surface area contributed by atoms with Crippen LogP contribution >= 0.6 is 0 Å². The lowest BCUT2D eigenvalue weighted by Gasteiger charge is -2.10. The van der Waals surface area contributed by atoms with Gasteiger partial charge in [-0.15, -0.1) is 10.2 Å². The predicted octanol–water partition coefficient (Wildman–Crippen LogP) is 4.38. The third-order valence-corrected chi connectivity index (χ3v) is 5.43. The van der Waals surface area contributed by atoms with Crippen molar-refractivity contribution in [3.8, 4) is 16.9 Å². The molecule has 0 spiro atoms. The normalized spacial score (nSPS) is 16.0. The highest BCUT2D eigenvalue weighted by Gasteiger charge is 2.22. The number of aryl methyl sites for hydroxylation is 1. The summed E-state index contributed by atoms with van der Waals surface area (Å²) in [6.07, 6.45) is 0.571. The van der Waals surface area contributed by atoms with Crippen molar-refractivity contribution in [3.63, 3.8) is 0 Å². The summed E-state index contributed by atoms with van der Waals surface area (Å²) in [4.78, 5) is 11.5. The fraction of sp³-hybridized carbons (Fsp3) is 0.208. The Hall–Kier alpha value is -3.67. The highest BCUT2D eigenvalue weighted by atomic mass is 16.5. The lowest BCUT2D eigenvalue weighted by Crippen LogP contribution is -2.13. The number of carbonyl (C=O) groups is 1. The van der Waals surface area contributed by atoms with E-state index in [0.29, 0.717) is 18.2 Å². The molecule has 6 heteroatoms. The number of aromatic nitrogens is 2. The molecule has 1 unspecified atom stereocenters. The van der Waals surface area contributed by atoms with Crippen LogP contribution in [0, 0.1) is 6.92 Å². The van der Waals surface area contributed by atoms with E-state index in [1.807, 2.05) is 18.2 Å². The number of nitrogens with zero attached hydrogens (tertiary/aromatic N) is 2. The van der Waals surface area contributed by atoms with E-state index < -0.39 is 0 Å². The Morgan fingerprint density at radius 3 is 2.53 bits per heavy atom. The van der Waals surface area contributed by atoms with E-state index in [1.165, 1.54) is 5.56 Å². The molecule has 0 bridgehead atoms. The summed E-state index contributed by atoms with van der Waals surface area (Å²) in [5.74, 6) is 2.14. The van der Waals surface area contributed by atoms with E-state index in [-0.39, 0.29) is 18.4 Å². The summed E-state index contributed by atoms with van der Waals surface area (Å²) in [7, 11) is 0. The molecule has 3 aromatic carbocycles. The minimum Gasteiger partial charge on any atom is -0.484 e. The predicted molar refractivity (Wildman–Crippen MR) is 113 cm³/mol. The Bertz CT molecular complexity index is 1210. The second-order valence-corrected chi connectivity index (χ2v) is 7.55. The van der Waals surface area contributed by atoms with Crippen molar-refractivity contribution >= 4 is 16.7 Å². The van der Waals surface area contributed by atoms with Gasteiger partial charge in [-0.1, -0.05) is 42.5 Å². The van der Waals surface area contributed by atoms with Gasteiger partial charge in [0.15, 0.2) is 6.61 Å². The maximum Gasteiger partial charge on any atom is 0.253 e. The molecule has 6 nitrogen and oxygen atoms in total. The second kappa shape index (κ2) is 7.63. The number of hydrogen-bond donors (Lipinski definition) is 1. The summed E-state index contributed by atoms with van der Waals surface area (Å²) in [6.45, 7) is 2.72. The molecule has 1 aromatic heterocycles. The van der Waals surface area contributed by atoms with Crippen LogP contribution in [0.5, 0.6) is 5.75 Å². The Balaban J connectivity index is 1.36. The number of amides is 1. The monoisotopic (exact) mass is 399 g/mol. The third kappa shape index (κ3) is 3.76. The van der Waals surface area contributed by atoms with Crippen molar-refractivity contribution in [2.45, 2.75) is 25.9 Å². The zero-order valence-corrected chi connectivity index (χ0v) is 16.6. The Morgan fingerprint density at radius 2 is 1.80 bits per heavy atom. The maximum atomic E-state index is 11.5. The van der Waals surface area contributed by atoms with Crippen LogP contribution < -0.4 is 10.1 Å². The van der Waals surface area contributed by atoms with E-state index in [2.05, 4.69) is 58.0 Å². The summed E-state index contributed by atoms with van der Waals surface area (Å²) in [5, 5.41) is 12.9. The molecule has 1 saturated heterocycles. The van der Waals surface area contributed by atoms with Crippen molar-refractivity contribution < 1.29 is 13.9 Å². The molecule has 0 radical (unpaired) electrons. The van der Waals surface area contributed by atoms with Crippen LogP contribution in [-0.4, -0.2) is 22.6 Å². The molecule has 4 aromatic rings. The number of rotatable bonds is 5. The summed E-state index contributed by atoms with van der Waals surface area (Å²) >= 11 is 0. The van der Waals surface area contributed by atoms with Crippen LogP contribution in [0.1, 0.15) is 29.7 Å².